The molecular formula is C14H12Cl2N2O. The molecule has 0 aliphatic carbocycles. The van der Waals surface area contributed by atoms with Gasteiger partial charge in [0.2, 0.25) is 5.91 Å². The summed E-state index contributed by atoms with van der Waals surface area (Å²) in [7, 11) is 0. The maximum Gasteiger partial charge on any atom is 0.235 e. The number of aromatic nitrogens is 1. The first-order chi connectivity index (χ1) is 9.20. The van der Waals surface area contributed by atoms with Crippen molar-refractivity contribution in [2.75, 3.05) is 5.88 Å². The minimum atomic E-state index is -0.355. The van der Waals surface area contributed by atoms with E-state index in [1.54, 1.807) is 18.3 Å². The normalized spacial score (nSPS) is 11.9. The summed E-state index contributed by atoms with van der Waals surface area (Å²) < 4.78 is 0. The third kappa shape index (κ3) is 3.69. The molecule has 1 heterocycles. The number of nitrogens with one attached hydrogen (secondary N) is 1. The lowest BCUT2D eigenvalue weighted by atomic mass is 10.0. The van der Waals surface area contributed by atoms with Gasteiger partial charge in [0.15, 0.2) is 0 Å². The Hall–Kier alpha value is -1.58. The molecule has 0 aliphatic heterocycles. The smallest absolute Gasteiger partial charge is 0.235 e. The first-order valence-electron chi connectivity index (χ1n) is 5.72. The number of nitrogens with zero attached hydrogens (tertiary/aromatic N) is 1. The zero-order valence-electron chi connectivity index (χ0n) is 10.0. The lowest BCUT2D eigenvalue weighted by molar-refractivity contribution is -0.119. The molecule has 1 N–H and O–H groups in total. The van der Waals surface area contributed by atoms with Crippen molar-refractivity contribution in [2.45, 2.75) is 6.04 Å². The largest absolute Gasteiger partial charge is 0.343 e. The number of halogens is 2. The van der Waals surface area contributed by atoms with E-state index in [1.165, 1.54) is 0 Å². The molecule has 5 heteroatoms. The minimum Gasteiger partial charge on any atom is -0.343 e. The molecule has 98 valence electrons. The van der Waals surface area contributed by atoms with Crippen molar-refractivity contribution in [3.63, 3.8) is 0 Å². The molecule has 0 fully saturated rings. The summed E-state index contributed by atoms with van der Waals surface area (Å²) in [5.74, 6) is -0.346. The Morgan fingerprint density at radius 2 is 2.11 bits per heavy atom. The fraction of sp³-hybridized carbons (Fsp3) is 0.143. The fourth-order valence-electron chi connectivity index (χ4n) is 1.76. The Balaban J connectivity index is 2.37. The van der Waals surface area contributed by atoms with Crippen molar-refractivity contribution >= 4 is 29.1 Å². The number of benzene rings is 1. The van der Waals surface area contributed by atoms with E-state index in [0.717, 1.165) is 11.3 Å². The van der Waals surface area contributed by atoms with Gasteiger partial charge < -0.3 is 5.32 Å². The van der Waals surface area contributed by atoms with Gasteiger partial charge in [0.1, 0.15) is 5.88 Å². The van der Waals surface area contributed by atoms with Gasteiger partial charge in [-0.1, -0.05) is 29.8 Å². The lowest BCUT2D eigenvalue weighted by Gasteiger charge is -2.18. The molecular weight excluding hydrogens is 283 g/mol. The van der Waals surface area contributed by atoms with Gasteiger partial charge in [-0.15, -0.1) is 11.6 Å². The van der Waals surface area contributed by atoms with E-state index < -0.39 is 0 Å². The Labute approximate surface area is 121 Å². The van der Waals surface area contributed by atoms with Crippen LogP contribution >= 0.6 is 23.2 Å². The van der Waals surface area contributed by atoms with Gasteiger partial charge in [0, 0.05) is 11.2 Å². The summed E-state index contributed by atoms with van der Waals surface area (Å²) in [6.45, 7) is 0. The maximum absolute atomic E-state index is 11.5. The molecule has 1 aromatic carbocycles. The van der Waals surface area contributed by atoms with Gasteiger partial charge in [0.05, 0.1) is 11.7 Å². The fourth-order valence-corrected chi connectivity index (χ4v) is 2.04. The molecule has 1 atom stereocenters. The molecule has 3 nitrogen and oxygen atoms in total. The Morgan fingerprint density at radius 3 is 2.74 bits per heavy atom. The Bertz CT molecular complexity index is 560. The number of hydrogen-bond donors (Lipinski definition) is 1. The average molecular weight is 295 g/mol. The standard InChI is InChI=1S/C14H12Cl2N2O/c15-9-13(19)18-14(12-6-1-2-7-17-12)10-4-3-5-11(16)8-10/h1-8,14H,9H2,(H,18,19). The Morgan fingerprint density at radius 1 is 1.26 bits per heavy atom. The summed E-state index contributed by atoms with van der Waals surface area (Å²) in [6.07, 6.45) is 1.68. The van der Waals surface area contributed by atoms with Crippen LogP contribution in [-0.4, -0.2) is 16.8 Å². The van der Waals surface area contributed by atoms with E-state index >= 15 is 0 Å². The molecule has 1 unspecified atom stereocenters. The molecule has 0 saturated carbocycles. The van der Waals surface area contributed by atoms with E-state index in [4.69, 9.17) is 23.2 Å². The van der Waals surface area contributed by atoms with Crippen LogP contribution in [0.1, 0.15) is 17.3 Å². The second-order valence-electron chi connectivity index (χ2n) is 3.94. The number of carbonyl (C=O) groups is 1. The molecule has 0 aliphatic rings. The lowest BCUT2D eigenvalue weighted by Crippen LogP contribution is -2.30. The van der Waals surface area contributed by atoms with E-state index in [1.807, 2.05) is 30.3 Å². The van der Waals surface area contributed by atoms with Gasteiger partial charge >= 0.3 is 0 Å². The van der Waals surface area contributed by atoms with E-state index in [-0.39, 0.29) is 17.8 Å². The first kappa shape index (κ1) is 13.8. The highest BCUT2D eigenvalue weighted by molar-refractivity contribution is 6.30. The predicted octanol–water partition coefficient (Wildman–Crippen LogP) is 3.18. The van der Waals surface area contributed by atoms with Crippen LogP contribution in [0.5, 0.6) is 0 Å². The summed E-state index contributed by atoms with van der Waals surface area (Å²) in [6, 6.07) is 12.5. The molecule has 0 saturated heterocycles. The van der Waals surface area contributed by atoms with Gasteiger partial charge in [-0.3, -0.25) is 9.78 Å². The third-order valence-electron chi connectivity index (χ3n) is 2.59. The van der Waals surface area contributed by atoms with Crippen LogP contribution in [0.3, 0.4) is 0 Å². The van der Waals surface area contributed by atoms with Gasteiger partial charge in [-0.25, -0.2) is 0 Å². The first-order valence-corrected chi connectivity index (χ1v) is 6.63. The van der Waals surface area contributed by atoms with Crippen molar-refractivity contribution in [2.24, 2.45) is 0 Å². The zero-order valence-corrected chi connectivity index (χ0v) is 11.5. The molecule has 2 rings (SSSR count). The number of amides is 1. The van der Waals surface area contributed by atoms with Crippen LogP contribution in [-0.2, 0) is 4.79 Å². The van der Waals surface area contributed by atoms with Crippen molar-refractivity contribution in [1.29, 1.82) is 0 Å². The van der Waals surface area contributed by atoms with Crippen LogP contribution in [0.2, 0.25) is 5.02 Å². The number of pyridine rings is 1. The zero-order chi connectivity index (χ0) is 13.7. The van der Waals surface area contributed by atoms with Crippen LogP contribution in [0.15, 0.2) is 48.7 Å². The van der Waals surface area contributed by atoms with Crippen molar-refractivity contribution < 1.29 is 4.79 Å². The number of alkyl halides is 1. The summed E-state index contributed by atoms with van der Waals surface area (Å²) in [5, 5.41) is 3.44. The molecule has 19 heavy (non-hydrogen) atoms. The maximum atomic E-state index is 11.5. The topological polar surface area (TPSA) is 42.0 Å². The van der Waals surface area contributed by atoms with Gasteiger partial charge in [-0.2, -0.15) is 0 Å². The van der Waals surface area contributed by atoms with Crippen LogP contribution in [0, 0.1) is 0 Å². The molecule has 1 aromatic heterocycles. The third-order valence-corrected chi connectivity index (χ3v) is 3.07. The number of hydrogen-bond acceptors (Lipinski definition) is 2. The summed E-state index contributed by atoms with van der Waals surface area (Å²) in [4.78, 5) is 15.8. The molecule has 0 bridgehead atoms. The Kier molecular flexibility index (Phi) is 4.77. The van der Waals surface area contributed by atoms with E-state index in [9.17, 15) is 4.79 Å². The monoisotopic (exact) mass is 294 g/mol. The second-order valence-corrected chi connectivity index (χ2v) is 4.65. The quantitative estimate of drug-likeness (QED) is 0.880. The van der Waals surface area contributed by atoms with Crippen LogP contribution in [0.25, 0.3) is 0 Å². The average Bonchev–Trinajstić information content (AvgIpc) is 2.45. The molecule has 2 aromatic rings. The number of rotatable bonds is 4. The molecule has 1 amide bonds. The second kappa shape index (κ2) is 6.55. The summed E-state index contributed by atoms with van der Waals surface area (Å²) >= 11 is 11.5. The summed E-state index contributed by atoms with van der Waals surface area (Å²) in [5.41, 5.74) is 1.60. The van der Waals surface area contributed by atoms with Crippen molar-refractivity contribution in [3.8, 4) is 0 Å². The highest BCUT2D eigenvalue weighted by Crippen LogP contribution is 2.23. The van der Waals surface area contributed by atoms with E-state index in [0.29, 0.717) is 5.02 Å². The van der Waals surface area contributed by atoms with Crippen LogP contribution < -0.4 is 5.32 Å². The van der Waals surface area contributed by atoms with Crippen molar-refractivity contribution in [1.82, 2.24) is 10.3 Å². The predicted molar refractivity (Wildman–Crippen MR) is 76.4 cm³/mol. The van der Waals surface area contributed by atoms with Crippen LogP contribution in [0.4, 0.5) is 0 Å². The number of carbonyl (C=O) groups excluding carboxylic acids is 1. The van der Waals surface area contributed by atoms with Crippen molar-refractivity contribution in [3.05, 3.63) is 64.9 Å². The van der Waals surface area contributed by atoms with Gasteiger partial charge in [-0.05, 0) is 29.8 Å². The molecule has 0 spiro atoms. The SMILES string of the molecule is O=C(CCl)NC(c1cccc(Cl)c1)c1ccccn1. The highest BCUT2D eigenvalue weighted by atomic mass is 35.5. The minimum absolute atomic E-state index is 0.0934. The molecule has 0 radical (unpaired) electrons. The van der Waals surface area contributed by atoms with E-state index in [2.05, 4.69) is 10.3 Å². The highest BCUT2D eigenvalue weighted by Gasteiger charge is 2.17. The van der Waals surface area contributed by atoms with Gasteiger partial charge in [0.25, 0.3) is 0 Å².